The largest absolute Gasteiger partial charge is 0.493 e. The molecule has 0 aromatic heterocycles. The molecule has 1 N–H and O–H groups in total. The van der Waals surface area contributed by atoms with Gasteiger partial charge in [-0.25, -0.2) is 0 Å². The van der Waals surface area contributed by atoms with Gasteiger partial charge in [0.15, 0.2) is 11.5 Å². The molecular weight excluding hydrogens is 352 g/mol. The van der Waals surface area contributed by atoms with Gasteiger partial charge in [-0.3, -0.25) is 4.79 Å². The first-order chi connectivity index (χ1) is 13.4. The summed E-state index contributed by atoms with van der Waals surface area (Å²) < 4.78 is 11.1. The first-order valence-corrected chi connectivity index (χ1v) is 10.9. The van der Waals surface area contributed by atoms with Crippen molar-refractivity contribution in [2.45, 2.75) is 71.1 Å². The van der Waals surface area contributed by atoms with Gasteiger partial charge in [-0.05, 0) is 91.9 Å². The van der Waals surface area contributed by atoms with Crippen LogP contribution in [0.4, 0.5) is 0 Å². The van der Waals surface area contributed by atoms with Crippen LogP contribution >= 0.6 is 0 Å². The molecular formula is C24H36O4. The number of fused-ring (bicyclic) bond motifs is 5. The van der Waals surface area contributed by atoms with Crippen molar-refractivity contribution < 1.29 is 19.4 Å². The zero-order chi connectivity index (χ0) is 20.3. The Balaban J connectivity index is 2.02. The Morgan fingerprint density at radius 2 is 1.75 bits per heavy atom. The molecule has 4 nitrogen and oxygen atoms in total. The van der Waals surface area contributed by atoms with E-state index in [1.807, 2.05) is 0 Å². The second-order valence-electron chi connectivity index (χ2n) is 9.23. The average molecular weight is 389 g/mol. The predicted octanol–water partition coefficient (Wildman–Crippen LogP) is 5.68. The Labute approximate surface area is 169 Å². The molecule has 2 aliphatic carbocycles. The molecule has 1 saturated carbocycles. The number of methoxy groups -OCH3 is 2. The summed E-state index contributed by atoms with van der Waals surface area (Å²) >= 11 is 0. The molecule has 0 radical (unpaired) electrons. The third kappa shape index (κ3) is 4.64. The molecule has 4 heteroatoms. The van der Waals surface area contributed by atoms with Crippen LogP contribution in [-0.2, 0) is 11.2 Å². The van der Waals surface area contributed by atoms with E-state index in [2.05, 4.69) is 26.0 Å². The van der Waals surface area contributed by atoms with E-state index in [9.17, 15) is 9.90 Å². The minimum atomic E-state index is -0.615. The van der Waals surface area contributed by atoms with Crippen LogP contribution in [0.3, 0.4) is 0 Å². The molecule has 0 amide bonds. The molecule has 1 fully saturated rings. The zero-order valence-corrected chi connectivity index (χ0v) is 17.9. The molecule has 4 atom stereocenters. The fourth-order valence-electron chi connectivity index (χ4n) is 5.50. The lowest BCUT2D eigenvalue weighted by Crippen LogP contribution is -2.27. The molecule has 28 heavy (non-hydrogen) atoms. The second kappa shape index (κ2) is 9.19. The summed E-state index contributed by atoms with van der Waals surface area (Å²) in [5, 5.41) is 10.1. The number of ether oxygens (including phenoxy) is 2. The molecule has 3 rings (SSSR count). The number of carboxylic acid groups (broad SMARTS) is 1. The van der Waals surface area contributed by atoms with Crippen molar-refractivity contribution in [3.05, 3.63) is 23.3 Å². The summed E-state index contributed by atoms with van der Waals surface area (Å²) in [5.74, 6) is 2.45. The van der Waals surface area contributed by atoms with Gasteiger partial charge in [0.1, 0.15) is 0 Å². The molecule has 0 spiro atoms. The molecule has 2 aliphatic rings. The highest BCUT2D eigenvalue weighted by atomic mass is 16.5. The van der Waals surface area contributed by atoms with Crippen LogP contribution in [0, 0.1) is 23.7 Å². The molecule has 0 saturated heterocycles. The Hall–Kier alpha value is -1.71. The van der Waals surface area contributed by atoms with Crippen LogP contribution < -0.4 is 9.47 Å². The predicted molar refractivity (Wildman–Crippen MR) is 111 cm³/mol. The van der Waals surface area contributed by atoms with Gasteiger partial charge >= 0.3 is 5.97 Å². The maximum Gasteiger partial charge on any atom is 0.306 e. The fraction of sp³-hybridized carbons (Fsp3) is 0.708. The molecule has 1 unspecified atom stereocenters. The maximum atomic E-state index is 12.3. The number of carboxylic acids is 1. The smallest absolute Gasteiger partial charge is 0.306 e. The van der Waals surface area contributed by atoms with E-state index in [0.29, 0.717) is 11.8 Å². The minimum Gasteiger partial charge on any atom is -0.493 e. The number of rotatable bonds is 5. The van der Waals surface area contributed by atoms with Crippen LogP contribution in [0.5, 0.6) is 11.5 Å². The molecule has 1 aromatic rings. The van der Waals surface area contributed by atoms with Gasteiger partial charge in [-0.2, -0.15) is 0 Å². The molecule has 1 aromatic carbocycles. The normalized spacial score (nSPS) is 27.8. The highest BCUT2D eigenvalue weighted by molar-refractivity contribution is 5.70. The van der Waals surface area contributed by atoms with Crippen molar-refractivity contribution in [2.24, 2.45) is 23.7 Å². The zero-order valence-electron chi connectivity index (χ0n) is 17.9. The Morgan fingerprint density at radius 3 is 2.39 bits per heavy atom. The van der Waals surface area contributed by atoms with Crippen molar-refractivity contribution in [2.75, 3.05) is 14.2 Å². The standard InChI is InChI=1S/C24H36O4/c1-15(2)11-17-8-5-16-6-9-18(12-21(17)24(25)26)20-14-23(28-4)22(27-3)13-19(20)10-7-16/h13-18,21H,5-12H2,1-4H3,(H,25,26)/t16?,17-,18+,21+/m0/s1. The monoisotopic (exact) mass is 388 g/mol. The van der Waals surface area contributed by atoms with E-state index in [-0.39, 0.29) is 17.8 Å². The lowest BCUT2D eigenvalue weighted by molar-refractivity contribution is -0.144. The van der Waals surface area contributed by atoms with Crippen molar-refractivity contribution in [3.63, 3.8) is 0 Å². The van der Waals surface area contributed by atoms with Crippen LogP contribution in [0.1, 0.15) is 75.8 Å². The van der Waals surface area contributed by atoms with Crippen molar-refractivity contribution in [1.82, 2.24) is 0 Å². The number of aryl methyl sites for hydroxylation is 1. The fourth-order valence-corrected chi connectivity index (χ4v) is 5.50. The lowest BCUT2D eigenvalue weighted by atomic mass is 9.75. The first kappa shape index (κ1) is 21.0. The van der Waals surface area contributed by atoms with Gasteiger partial charge in [0, 0.05) is 0 Å². The van der Waals surface area contributed by atoms with Crippen LogP contribution in [-0.4, -0.2) is 25.3 Å². The minimum absolute atomic E-state index is 0.259. The second-order valence-corrected chi connectivity index (χ2v) is 9.23. The van der Waals surface area contributed by atoms with Gasteiger partial charge in [-0.15, -0.1) is 0 Å². The Bertz CT molecular complexity index is 681. The lowest BCUT2D eigenvalue weighted by Gasteiger charge is -2.29. The Morgan fingerprint density at radius 1 is 1.07 bits per heavy atom. The molecule has 0 heterocycles. The van der Waals surface area contributed by atoms with Crippen molar-refractivity contribution >= 4 is 5.97 Å². The molecule has 156 valence electrons. The first-order valence-electron chi connectivity index (χ1n) is 10.9. The van der Waals surface area contributed by atoms with Gasteiger partial charge < -0.3 is 14.6 Å². The van der Waals surface area contributed by atoms with E-state index in [1.54, 1.807) is 14.2 Å². The van der Waals surface area contributed by atoms with Crippen molar-refractivity contribution in [3.8, 4) is 11.5 Å². The van der Waals surface area contributed by atoms with E-state index < -0.39 is 5.97 Å². The van der Waals surface area contributed by atoms with E-state index in [1.165, 1.54) is 24.0 Å². The molecule has 0 aliphatic heterocycles. The summed E-state index contributed by atoms with van der Waals surface area (Å²) in [6.45, 7) is 4.43. The van der Waals surface area contributed by atoms with E-state index >= 15 is 0 Å². The maximum absolute atomic E-state index is 12.3. The summed E-state index contributed by atoms with van der Waals surface area (Å²) in [5.41, 5.74) is 2.60. The van der Waals surface area contributed by atoms with Gasteiger partial charge in [0.2, 0.25) is 0 Å². The van der Waals surface area contributed by atoms with Gasteiger partial charge in [0.05, 0.1) is 20.1 Å². The van der Waals surface area contributed by atoms with Gasteiger partial charge in [0.25, 0.3) is 0 Å². The van der Waals surface area contributed by atoms with Crippen LogP contribution in [0.2, 0.25) is 0 Å². The van der Waals surface area contributed by atoms with Crippen LogP contribution in [0.25, 0.3) is 0 Å². The number of benzene rings is 1. The molecule has 2 bridgehead atoms. The van der Waals surface area contributed by atoms with Gasteiger partial charge in [-0.1, -0.05) is 20.3 Å². The summed E-state index contributed by atoms with van der Waals surface area (Å²) in [4.78, 5) is 12.3. The van der Waals surface area contributed by atoms with Crippen LogP contribution in [0.15, 0.2) is 12.1 Å². The van der Waals surface area contributed by atoms with E-state index in [0.717, 1.165) is 50.0 Å². The van der Waals surface area contributed by atoms with E-state index in [4.69, 9.17) is 9.47 Å². The topological polar surface area (TPSA) is 55.8 Å². The number of carbonyl (C=O) groups is 1. The summed E-state index contributed by atoms with van der Waals surface area (Å²) in [7, 11) is 3.35. The highest BCUT2D eigenvalue weighted by Crippen LogP contribution is 2.45. The third-order valence-corrected chi connectivity index (χ3v) is 6.98. The summed E-state index contributed by atoms with van der Waals surface area (Å²) in [6, 6.07) is 4.25. The number of aliphatic carboxylic acids is 1. The quantitative estimate of drug-likeness (QED) is 0.705. The Kier molecular flexibility index (Phi) is 6.90. The van der Waals surface area contributed by atoms with Crippen molar-refractivity contribution in [1.29, 1.82) is 0 Å². The SMILES string of the molecule is COc1cc2c(cc1OC)[C@@H]1CCC(CC2)CC[C@@H](CC(C)C)[C@H](C(=O)O)C1. The average Bonchev–Trinajstić information content (AvgIpc) is 2.72. The number of hydrogen-bond donors (Lipinski definition) is 1. The third-order valence-electron chi connectivity index (χ3n) is 6.98. The summed E-state index contributed by atoms with van der Waals surface area (Å²) in [6.07, 6.45) is 8.47. The number of hydrogen-bond acceptors (Lipinski definition) is 3. The highest BCUT2D eigenvalue weighted by Gasteiger charge is 2.35.